The first kappa shape index (κ1) is 22.5. The molecule has 2 amide bonds. The summed E-state index contributed by atoms with van der Waals surface area (Å²) in [6, 6.07) is 12.7. The van der Waals surface area contributed by atoms with E-state index in [9.17, 15) is 9.59 Å². The van der Waals surface area contributed by atoms with Crippen LogP contribution in [0.5, 0.6) is 5.75 Å². The van der Waals surface area contributed by atoms with Gasteiger partial charge in [0.05, 0.1) is 24.1 Å². The van der Waals surface area contributed by atoms with Crippen molar-refractivity contribution in [1.29, 1.82) is 0 Å². The molecule has 0 heterocycles. The summed E-state index contributed by atoms with van der Waals surface area (Å²) in [5.41, 5.74) is 1.01. The molecule has 0 aromatic heterocycles. The Morgan fingerprint density at radius 1 is 1.17 bits per heavy atom. The van der Waals surface area contributed by atoms with Crippen LogP contribution in [-0.2, 0) is 4.79 Å². The Kier molecular flexibility index (Phi) is 8.05. The normalized spacial score (nSPS) is 14.2. The topological polar surface area (TPSA) is 58.6 Å². The highest BCUT2D eigenvalue weighted by molar-refractivity contribution is 8.00. The van der Waals surface area contributed by atoms with Gasteiger partial charge in [-0.15, -0.1) is 11.8 Å². The van der Waals surface area contributed by atoms with Crippen LogP contribution in [0.2, 0.25) is 5.02 Å². The maximum absolute atomic E-state index is 12.9. The average Bonchev–Trinajstić information content (AvgIpc) is 2.78. The second kappa shape index (κ2) is 10.7. The molecule has 1 saturated carbocycles. The Morgan fingerprint density at radius 3 is 2.63 bits per heavy atom. The van der Waals surface area contributed by atoms with Crippen molar-refractivity contribution in [3.63, 3.8) is 0 Å². The van der Waals surface area contributed by atoms with E-state index >= 15 is 0 Å². The van der Waals surface area contributed by atoms with E-state index in [0.717, 1.165) is 17.7 Å². The van der Waals surface area contributed by atoms with Gasteiger partial charge in [0.15, 0.2) is 0 Å². The van der Waals surface area contributed by atoms with E-state index in [4.69, 9.17) is 16.3 Å². The highest BCUT2D eigenvalue weighted by Crippen LogP contribution is 2.30. The van der Waals surface area contributed by atoms with Gasteiger partial charge in [0.1, 0.15) is 5.75 Å². The summed E-state index contributed by atoms with van der Waals surface area (Å²) in [7, 11) is 3.43. The summed E-state index contributed by atoms with van der Waals surface area (Å²) in [6.07, 6.45) is 5.78. The van der Waals surface area contributed by atoms with Crippen LogP contribution in [0.4, 0.5) is 5.69 Å². The summed E-state index contributed by atoms with van der Waals surface area (Å²) in [4.78, 5) is 28.2. The lowest BCUT2D eigenvalue weighted by molar-refractivity contribution is -0.129. The molecule has 1 aliphatic carbocycles. The van der Waals surface area contributed by atoms with Gasteiger partial charge in [-0.2, -0.15) is 0 Å². The number of anilines is 1. The molecule has 5 nitrogen and oxygen atoms in total. The van der Waals surface area contributed by atoms with Gasteiger partial charge < -0.3 is 15.0 Å². The Labute approximate surface area is 187 Å². The minimum atomic E-state index is -0.272. The molecule has 1 aliphatic rings. The predicted octanol–water partition coefficient (Wildman–Crippen LogP) is 5.48. The van der Waals surface area contributed by atoms with Gasteiger partial charge >= 0.3 is 0 Å². The van der Waals surface area contributed by atoms with Crippen molar-refractivity contribution in [2.45, 2.75) is 43.0 Å². The Hall–Kier alpha value is -2.18. The molecule has 7 heteroatoms. The number of ether oxygens (including phenoxy) is 1. The fourth-order valence-corrected chi connectivity index (χ4v) is 4.81. The summed E-state index contributed by atoms with van der Waals surface area (Å²) in [5, 5.41) is 3.37. The lowest BCUT2D eigenvalue weighted by Crippen LogP contribution is -2.39. The average molecular weight is 447 g/mol. The van der Waals surface area contributed by atoms with Crippen molar-refractivity contribution >= 4 is 40.9 Å². The van der Waals surface area contributed by atoms with E-state index in [0.29, 0.717) is 33.8 Å². The number of rotatable bonds is 7. The molecule has 2 aromatic rings. The zero-order chi connectivity index (χ0) is 21.5. The van der Waals surface area contributed by atoms with Crippen molar-refractivity contribution in [2.75, 3.05) is 25.2 Å². The van der Waals surface area contributed by atoms with Crippen LogP contribution < -0.4 is 10.1 Å². The number of hydrogen-bond acceptors (Lipinski definition) is 4. The third-order valence-electron chi connectivity index (χ3n) is 5.41. The Bertz CT molecular complexity index is 900. The molecule has 0 spiro atoms. The Morgan fingerprint density at radius 2 is 1.90 bits per heavy atom. The lowest BCUT2D eigenvalue weighted by Gasteiger charge is -2.31. The predicted molar refractivity (Wildman–Crippen MR) is 123 cm³/mol. The van der Waals surface area contributed by atoms with Crippen LogP contribution in [0.1, 0.15) is 42.5 Å². The number of carbonyl (C=O) groups is 2. The summed E-state index contributed by atoms with van der Waals surface area (Å²) >= 11 is 7.45. The Balaban J connectivity index is 1.67. The SMILES string of the molecule is COc1ccc(Cl)cc1NC(=O)c1ccccc1SCC(=O)N(C)C1CCCCC1. The molecular formula is C23H27ClN2O3S. The number of carbonyl (C=O) groups excluding carboxylic acids is 2. The first-order valence-corrected chi connectivity index (χ1v) is 11.5. The summed E-state index contributed by atoms with van der Waals surface area (Å²) < 4.78 is 5.30. The third kappa shape index (κ3) is 5.70. The maximum atomic E-state index is 12.9. The molecule has 0 radical (unpaired) electrons. The minimum Gasteiger partial charge on any atom is -0.495 e. The zero-order valence-electron chi connectivity index (χ0n) is 17.3. The van der Waals surface area contributed by atoms with Gasteiger partial charge in [-0.05, 0) is 43.2 Å². The number of halogens is 1. The molecule has 160 valence electrons. The molecule has 30 heavy (non-hydrogen) atoms. The van der Waals surface area contributed by atoms with E-state index in [-0.39, 0.29) is 11.8 Å². The number of benzene rings is 2. The molecule has 0 saturated heterocycles. The summed E-state index contributed by atoms with van der Waals surface area (Å²) in [5.74, 6) is 0.658. The van der Waals surface area contributed by atoms with Gasteiger partial charge in [0, 0.05) is 23.0 Å². The van der Waals surface area contributed by atoms with E-state index in [1.54, 1.807) is 24.3 Å². The van der Waals surface area contributed by atoms with Crippen LogP contribution in [-0.4, -0.2) is 42.7 Å². The van der Waals surface area contributed by atoms with Gasteiger partial charge in [-0.1, -0.05) is 43.0 Å². The number of amides is 2. The van der Waals surface area contributed by atoms with Crippen LogP contribution in [0.15, 0.2) is 47.4 Å². The van der Waals surface area contributed by atoms with Gasteiger partial charge in [-0.25, -0.2) is 0 Å². The summed E-state index contributed by atoms with van der Waals surface area (Å²) in [6.45, 7) is 0. The number of hydrogen-bond donors (Lipinski definition) is 1. The third-order valence-corrected chi connectivity index (χ3v) is 6.70. The van der Waals surface area contributed by atoms with E-state index in [1.165, 1.54) is 38.1 Å². The van der Waals surface area contributed by atoms with Crippen LogP contribution in [0.3, 0.4) is 0 Å². The minimum absolute atomic E-state index is 0.0959. The first-order chi connectivity index (χ1) is 14.5. The van der Waals surface area contributed by atoms with Crippen molar-refractivity contribution in [1.82, 2.24) is 4.90 Å². The number of thioether (sulfide) groups is 1. The van der Waals surface area contributed by atoms with Crippen molar-refractivity contribution in [3.05, 3.63) is 53.1 Å². The van der Waals surface area contributed by atoms with Crippen molar-refractivity contribution in [3.8, 4) is 5.75 Å². The second-order valence-corrected chi connectivity index (χ2v) is 8.83. The maximum Gasteiger partial charge on any atom is 0.256 e. The van der Waals surface area contributed by atoms with Crippen LogP contribution in [0, 0.1) is 0 Å². The quantitative estimate of drug-likeness (QED) is 0.572. The van der Waals surface area contributed by atoms with Gasteiger partial charge in [0.25, 0.3) is 5.91 Å². The number of methoxy groups -OCH3 is 1. The molecule has 0 unspecified atom stereocenters. The van der Waals surface area contributed by atoms with E-state index in [2.05, 4.69) is 5.32 Å². The molecule has 1 fully saturated rings. The molecule has 0 aliphatic heterocycles. The second-order valence-electron chi connectivity index (χ2n) is 7.38. The highest BCUT2D eigenvalue weighted by Gasteiger charge is 2.22. The smallest absolute Gasteiger partial charge is 0.256 e. The van der Waals surface area contributed by atoms with Crippen LogP contribution in [0.25, 0.3) is 0 Å². The largest absolute Gasteiger partial charge is 0.495 e. The molecule has 3 rings (SSSR count). The monoisotopic (exact) mass is 446 g/mol. The van der Waals surface area contributed by atoms with Crippen LogP contribution >= 0.6 is 23.4 Å². The standard InChI is InChI=1S/C23H27ClN2O3S/c1-26(17-8-4-3-5-9-17)22(27)15-30-21-11-7-6-10-18(21)23(28)25-19-14-16(24)12-13-20(19)29-2/h6-7,10-14,17H,3-5,8-9,15H2,1-2H3,(H,25,28). The van der Waals surface area contributed by atoms with Gasteiger partial charge in [0.2, 0.25) is 5.91 Å². The molecular weight excluding hydrogens is 420 g/mol. The lowest BCUT2D eigenvalue weighted by atomic mass is 9.94. The highest BCUT2D eigenvalue weighted by atomic mass is 35.5. The molecule has 2 aromatic carbocycles. The number of nitrogens with one attached hydrogen (secondary N) is 1. The fourth-order valence-electron chi connectivity index (χ4n) is 3.66. The van der Waals surface area contributed by atoms with Gasteiger partial charge in [-0.3, -0.25) is 9.59 Å². The molecule has 0 atom stereocenters. The fraction of sp³-hybridized carbons (Fsp3) is 0.391. The van der Waals surface area contributed by atoms with E-state index < -0.39 is 0 Å². The molecule has 1 N–H and O–H groups in total. The van der Waals surface area contributed by atoms with E-state index in [1.807, 2.05) is 30.1 Å². The zero-order valence-corrected chi connectivity index (χ0v) is 18.9. The first-order valence-electron chi connectivity index (χ1n) is 10.1. The van der Waals surface area contributed by atoms with Crippen molar-refractivity contribution in [2.24, 2.45) is 0 Å². The number of nitrogens with zero attached hydrogens (tertiary/aromatic N) is 1. The van der Waals surface area contributed by atoms with Crippen molar-refractivity contribution < 1.29 is 14.3 Å². The molecule has 0 bridgehead atoms.